The van der Waals surface area contributed by atoms with Crippen LogP contribution in [0.15, 0.2) is 0 Å². The van der Waals surface area contributed by atoms with Crippen LogP contribution in [0.4, 0.5) is 0 Å². The monoisotopic (exact) mass is 450 g/mol. The van der Waals surface area contributed by atoms with E-state index in [4.69, 9.17) is 5.73 Å². The Hall–Kier alpha value is 1.75. The van der Waals surface area contributed by atoms with Crippen molar-refractivity contribution in [3.63, 3.8) is 0 Å². The van der Waals surface area contributed by atoms with Crippen molar-refractivity contribution in [2.75, 3.05) is 0 Å². The minimum Gasteiger partial charge on any atom is -0.674 e. The summed E-state index contributed by atoms with van der Waals surface area (Å²) in [7, 11) is 0. The van der Waals surface area contributed by atoms with Crippen LogP contribution in [0, 0.1) is 25.7 Å². The maximum Gasteiger partial charge on any atom is 0 e. The Bertz CT molecular complexity index is 145. The van der Waals surface area contributed by atoms with Crippen LogP contribution in [0.5, 0.6) is 0 Å². The van der Waals surface area contributed by atoms with Gasteiger partial charge < -0.3 is 20.1 Å². The molecule has 14 heavy (non-hydrogen) atoms. The molecule has 1 N–H and O–H groups in total. The fourth-order valence-electron chi connectivity index (χ4n) is 3.05. The van der Waals surface area contributed by atoms with Gasteiger partial charge in [-0.1, -0.05) is 43.9 Å². The van der Waals surface area contributed by atoms with Gasteiger partial charge in [-0.05, 0) is 0 Å². The second-order valence-corrected chi connectivity index (χ2v) is 4.27. The summed E-state index contributed by atoms with van der Waals surface area (Å²) >= 11 is 0. The van der Waals surface area contributed by atoms with Crippen molar-refractivity contribution in [3.8, 4) is 0 Å². The zero-order chi connectivity index (χ0) is 7.90. The normalized spacial score (nSPS) is 39.9. The van der Waals surface area contributed by atoms with Crippen LogP contribution in [-0.4, -0.2) is 6.04 Å². The summed E-state index contributed by atoms with van der Waals surface area (Å²) in [6.45, 7) is 4.20. The number of hydrogen-bond donors (Lipinski definition) is 0. The maximum absolute atomic E-state index is 7.97. The van der Waals surface area contributed by atoms with Gasteiger partial charge in [-0.25, -0.2) is 0 Å². The Labute approximate surface area is 128 Å². The molecule has 0 aromatic rings. The fraction of sp³-hybridized carbons (Fsp3) is 0.818. The van der Waals surface area contributed by atoms with E-state index in [2.05, 4.69) is 6.92 Å². The molecule has 2 saturated carbocycles. The second kappa shape index (κ2) is 7.15. The Balaban J connectivity index is 0. The average Bonchev–Trinajstić information content (AvgIpc) is 2.48. The van der Waals surface area contributed by atoms with Crippen LogP contribution in [0.1, 0.15) is 38.5 Å². The molecule has 3 atom stereocenters. The van der Waals surface area contributed by atoms with Gasteiger partial charge >= 0.3 is 0 Å². The molecule has 3 heteroatoms. The van der Waals surface area contributed by atoms with Crippen molar-refractivity contribution in [1.29, 1.82) is 0 Å². The summed E-state index contributed by atoms with van der Waals surface area (Å²) in [5.74, 6) is 0.590. The van der Waals surface area contributed by atoms with E-state index in [1.807, 2.05) is 0 Å². The fourth-order valence-corrected chi connectivity index (χ4v) is 3.05. The molecule has 2 fully saturated rings. The first kappa shape index (κ1) is 18.1. The SMILES string of the molecule is [CH2-][C@H]1CCC[C@]12CCC[C@@H]2[NH-].[CH3-].[Pt].[Y]. The molecule has 1 nitrogen and oxygen atoms in total. The Morgan fingerprint density at radius 2 is 1.64 bits per heavy atom. The average molecular weight is 450 g/mol. The predicted molar refractivity (Wildman–Crippen MR) is 53.5 cm³/mol. The molecule has 0 unspecified atom stereocenters. The molecule has 2 aliphatic rings. The van der Waals surface area contributed by atoms with Gasteiger partial charge in [0.15, 0.2) is 0 Å². The van der Waals surface area contributed by atoms with Crippen LogP contribution < -0.4 is 0 Å². The molecule has 0 saturated heterocycles. The minimum absolute atomic E-state index is 0. The predicted octanol–water partition coefficient (Wildman–Crippen LogP) is 3.66. The van der Waals surface area contributed by atoms with Gasteiger partial charge in [-0.3, -0.25) is 0 Å². The molecule has 0 aromatic carbocycles. The van der Waals surface area contributed by atoms with Crippen LogP contribution in [0.3, 0.4) is 0 Å². The van der Waals surface area contributed by atoms with E-state index in [9.17, 15) is 0 Å². The molecule has 2 aliphatic carbocycles. The van der Waals surface area contributed by atoms with Gasteiger partial charge in [0.25, 0.3) is 0 Å². The molecule has 0 amide bonds. The van der Waals surface area contributed by atoms with Gasteiger partial charge in [0.1, 0.15) is 0 Å². The van der Waals surface area contributed by atoms with E-state index in [0.29, 0.717) is 11.3 Å². The summed E-state index contributed by atoms with van der Waals surface area (Å²) < 4.78 is 0. The molecule has 85 valence electrons. The van der Waals surface area contributed by atoms with Crippen LogP contribution in [0.25, 0.3) is 5.73 Å². The Morgan fingerprint density at radius 1 is 1.14 bits per heavy atom. The molecular formula is C11H20NPtY-3. The summed E-state index contributed by atoms with van der Waals surface area (Å²) in [4.78, 5) is 0. The topological polar surface area (TPSA) is 23.8 Å². The maximum atomic E-state index is 7.97. The first-order chi connectivity index (χ1) is 5.26. The molecule has 0 heterocycles. The number of rotatable bonds is 0. The zero-order valence-corrected chi connectivity index (χ0v) is 14.1. The number of hydrogen-bond acceptors (Lipinski definition) is 0. The van der Waals surface area contributed by atoms with E-state index in [-0.39, 0.29) is 67.2 Å². The van der Waals surface area contributed by atoms with E-state index in [1.54, 1.807) is 0 Å². The first-order valence-corrected chi connectivity index (χ1v) is 4.80. The smallest absolute Gasteiger partial charge is 0 e. The van der Waals surface area contributed by atoms with Crippen molar-refractivity contribution in [3.05, 3.63) is 20.1 Å². The van der Waals surface area contributed by atoms with Crippen LogP contribution >= 0.6 is 0 Å². The summed E-state index contributed by atoms with van der Waals surface area (Å²) in [6, 6.07) is 0.215. The summed E-state index contributed by atoms with van der Waals surface area (Å²) in [6.07, 6.45) is 7.58. The van der Waals surface area contributed by atoms with E-state index < -0.39 is 0 Å². The van der Waals surface area contributed by atoms with E-state index >= 15 is 0 Å². The second-order valence-electron chi connectivity index (χ2n) is 4.27. The molecule has 2 rings (SSSR count). The van der Waals surface area contributed by atoms with Gasteiger partial charge in [-0.2, -0.15) is 5.92 Å². The van der Waals surface area contributed by atoms with Crippen LogP contribution in [0.2, 0.25) is 0 Å². The Kier molecular flexibility index (Phi) is 9.26. The molecule has 0 aliphatic heterocycles. The molecule has 1 radical (unpaired) electrons. The third-order valence-electron chi connectivity index (χ3n) is 3.84. The number of nitrogens with one attached hydrogen (secondary N) is 1. The van der Waals surface area contributed by atoms with Crippen molar-refractivity contribution in [2.45, 2.75) is 44.6 Å². The zero-order valence-electron chi connectivity index (χ0n) is 9.00. The molecule has 0 bridgehead atoms. The molecule has 1 spiro atoms. The van der Waals surface area contributed by atoms with Crippen molar-refractivity contribution in [2.24, 2.45) is 11.3 Å². The summed E-state index contributed by atoms with van der Waals surface area (Å²) in [5, 5.41) is 0. The Morgan fingerprint density at radius 3 is 2.00 bits per heavy atom. The largest absolute Gasteiger partial charge is 0.674 e. The van der Waals surface area contributed by atoms with Gasteiger partial charge in [-0.15, -0.1) is 6.04 Å². The van der Waals surface area contributed by atoms with Gasteiger partial charge in [0, 0.05) is 53.8 Å². The summed E-state index contributed by atoms with van der Waals surface area (Å²) in [5.41, 5.74) is 8.33. The quantitative estimate of drug-likeness (QED) is 0.504. The molecular weight excluding hydrogens is 430 g/mol. The molecule has 0 aromatic heterocycles. The van der Waals surface area contributed by atoms with E-state index in [1.165, 1.54) is 32.1 Å². The van der Waals surface area contributed by atoms with Crippen molar-refractivity contribution >= 4 is 0 Å². The van der Waals surface area contributed by atoms with Gasteiger partial charge in [0.2, 0.25) is 0 Å². The minimum atomic E-state index is 0. The van der Waals surface area contributed by atoms with E-state index in [0.717, 1.165) is 6.42 Å². The van der Waals surface area contributed by atoms with Gasteiger partial charge in [0.05, 0.1) is 0 Å². The van der Waals surface area contributed by atoms with Crippen LogP contribution in [-0.2, 0) is 53.8 Å². The third-order valence-corrected chi connectivity index (χ3v) is 3.84. The standard InChI is InChI=1S/C10H17N.CH3.Pt.Y/c1-8-4-2-6-10(8)7-3-5-9(10)11;;;/h8-9,11H,1-7H2;1H3;;/q-2;-1;;/t8-,9-,10-;;;/m0.../s1. The first-order valence-electron chi connectivity index (χ1n) is 4.80. The van der Waals surface area contributed by atoms with Crippen molar-refractivity contribution in [1.82, 2.24) is 0 Å². The van der Waals surface area contributed by atoms with Crippen molar-refractivity contribution < 1.29 is 53.8 Å². The third kappa shape index (κ3) is 2.90.